The van der Waals surface area contributed by atoms with Crippen LogP contribution in [0.5, 0.6) is 0 Å². The van der Waals surface area contributed by atoms with Crippen molar-refractivity contribution in [2.75, 3.05) is 0 Å². The summed E-state index contributed by atoms with van der Waals surface area (Å²) in [6.07, 6.45) is -3.54. The first-order chi connectivity index (χ1) is 13.5. The Bertz CT molecular complexity index is 701. The quantitative estimate of drug-likeness (QED) is 0.455. The third-order valence-corrected chi connectivity index (χ3v) is 7.81. The van der Waals surface area contributed by atoms with Gasteiger partial charge in [0.15, 0.2) is 5.41 Å². The second-order valence-corrected chi connectivity index (χ2v) is 9.56. The molecule has 0 amide bonds. The van der Waals surface area contributed by atoms with Gasteiger partial charge in [0.25, 0.3) is 0 Å². The molecule has 0 atom stereocenters. The van der Waals surface area contributed by atoms with Crippen LogP contribution in [0.2, 0.25) is 0 Å². The molecular weight excluding hydrogens is 390 g/mol. The lowest BCUT2D eigenvalue weighted by atomic mass is 9.74. The van der Waals surface area contributed by atoms with Gasteiger partial charge < -0.3 is 0 Å². The standard InChI is InChI=1S/C23H28F6/c1-2-3-14-4-6-15(7-5-14)16-8-17-10-19-12-21(22(24,25)26,23(27,28)29)13-20(19)11-18(17)9-16/h10-11,14-16H,2-9,12-13H2,1H3. The molecule has 0 radical (unpaired) electrons. The Morgan fingerprint density at radius 1 is 0.759 bits per heavy atom. The molecule has 0 saturated heterocycles. The summed E-state index contributed by atoms with van der Waals surface area (Å²) in [5.74, 6) is 1.95. The molecule has 29 heavy (non-hydrogen) atoms. The normalized spacial score (nSPS) is 27.1. The maximum Gasteiger partial charge on any atom is 0.403 e. The number of rotatable bonds is 3. The molecule has 0 spiro atoms. The number of hydrogen-bond donors (Lipinski definition) is 0. The van der Waals surface area contributed by atoms with Gasteiger partial charge in [-0.1, -0.05) is 44.7 Å². The van der Waals surface area contributed by atoms with Gasteiger partial charge in [-0.25, -0.2) is 0 Å². The lowest BCUT2D eigenvalue weighted by Gasteiger charge is -2.33. The van der Waals surface area contributed by atoms with E-state index in [9.17, 15) is 26.3 Å². The van der Waals surface area contributed by atoms with Crippen LogP contribution < -0.4 is 0 Å². The Morgan fingerprint density at radius 3 is 1.66 bits per heavy atom. The van der Waals surface area contributed by atoms with Crippen molar-refractivity contribution < 1.29 is 26.3 Å². The first kappa shape index (κ1) is 21.0. The van der Waals surface area contributed by atoms with Gasteiger partial charge in [0, 0.05) is 0 Å². The van der Waals surface area contributed by atoms with E-state index in [0.29, 0.717) is 11.8 Å². The molecule has 1 aromatic carbocycles. The Labute approximate surface area is 168 Å². The van der Waals surface area contributed by atoms with Crippen LogP contribution in [0.15, 0.2) is 12.1 Å². The second-order valence-electron chi connectivity index (χ2n) is 9.56. The second kappa shape index (κ2) is 7.19. The Kier molecular flexibility index (Phi) is 5.22. The number of benzene rings is 1. The fraction of sp³-hybridized carbons (Fsp3) is 0.739. The molecule has 0 bridgehead atoms. The van der Waals surface area contributed by atoms with Gasteiger partial charge in [0.2, 0.25) is 0 Å². The van der Waals surface area contributed by atoms with Gasteiger partial charge in [-0.2, -0.15) is 26.3 Å². The Hall–Kier alpha value is -1.20. The van der Waals surface area contributed by atoms with Gasteiger partial charge in [-0.05, 0) is 78.5 Å². The third kappa shape index (κ3) is 3.59. The molecule has 162 valence electrons. The summed E-state index contributed by atoms with van der Waals surface area (Å²) in [5.41, 5.74) is -1.19. The highest BCUT2D eigenvalue weighted by molar-refractivity contribution is 5.46. The van der Waals surface area contributed by atoms with Gasteiger partial charge in [-0.15, -0.1) is 0 Å². The molecule has 0 heterocycles. The lowest BCUT2D eigenvalue weighted by molar-refractivity contribution is -0.337. The summed E-state index contributed by atoms with van der Waals surface area (Å²) in [5, 5.41) is 0. The summed E-state index contributed by atoms with van der Waals surface area (Å²) in [6.45, 7) is 2.21. The predicted molar refractivity (Wildman–Crippen MR) is 99.6 cm³/mol. The number of alkyl halides is 6. The minimum atomic E-state index is -5.30. The zero-order valence-electron chi connectivity index (χ0n) is 16.7. The van der Waals surface area contributed by atoms with Crippen LogP contribution in [-0.4, -0.2) is 12.4 Å². The SMILES string of the molecule is CCCC1CCC(C2Cc3cc4c(cc3C2)CC(C(F)(F)F)(C(F)(F)F)C4)CC1. The van der Waals surface area contributed by atoms with Gasteiger partial charge in [-0.3, -0.25) is 0 Å². The van der Waals surface area contributed by atoms with Crippen molar-refractivity contribution in [3.8, 4) is 0 Å². The number of hydrogen-bond acceptors (Lipinski definition) is 0. The zero-order chi connectivity index (χ0) is 21.0. The molecule has 3 aliphatic carbocycles. The van der Waals surface area contributed by atoms with Gasteiger partial charge >= 0.3 is 12.4 Å². The smallest absolute Gasteiger partial charge is 0.170 e. The predicted octanol–water partition coefficient (Wildman–Crippen LogP) is 7.22. The third-order valence-electron chi connectivity index (χ3n) is 7.81. The highest BCUT2D eigenvalue weighted by Crippen LogP contribution is 2.58. The Morgan fingerprint density at radius 2 is 1.24 bits per heavy atom. The zero-order valence-corrected chi connectivity index (χ0v) is 16.7. The van der Waals surface area contributed by atoms with E-state index < -0.39 is 30.6 Å². The highest BCUT2D eigenvalue weighted by Gasteiger charge is 2.72. The molecule has 0 unspecified atom stereocenters. The summed E-state index contributed by atoms with van der Waals surface area (Å²) in [4.78, 5) is 0. The van der Waals surface area contributed by atoms with Gasteiger partial charge in [0.05, 0.1) is 0 Å². The van der Waals surface area contributed by atoms with Crippen molar-refractivity contribution in [1.82, 2.24) is 0 Å². The fourth-order valence-electron chi connectivity index (χ4n) is 6.10. The summed E-state index contributed by atoms with van der Waals surface area (Å²) < 4.78 is 80.7. The molecule has 6 heteroatoms. The number of fused-ring (bicyclic) bond motifs is 2. The van der Waals surface area contributed by atoms with E-state index >= 15 is 0 Å². The first-order valence-corrected chi connectivity index (χ1v) is 10.8. The molecule has 1 saturated carbocycles. The monoisotopic (exact) mass is 418 g/mol. The molecule has 1 aromatic rings. The van der Waals surface area contributed by atoms with E-state index in [-0.39, 0.29) is 11.1 Å². The van der Waals surface area contributed by atoms with Crippen molar-refractivity contribution in [3.05, 3.63) is 34.4 Å². The topological polar surface area (TPSA) is 0 Å². The minimum Gasteiger partial charge on any atom is -0.170 e. The van der Waals surface area contributed by atoms with Crippen molar-refractivity contribution in [2.45, 2.75) is 83.5 Å². The van der Waals surface area contributed by atoms with E-state index in [0.717, 1.165) is 29.9 Å². The van der Waals surface area contributed by atoms with E-state index in [1.807, 2.05) is 0 Å². The summed E-state index contributed by atoms with van der Waals surface area (Å²) in [7, 11) is 0. The lowest BCUT2D eigenvalue weighted by Crippen LogP contribution is -2.50. The van der Waals surface area contributed by atoms with E-state index in [4.69, 9.17) is 0 Å². The van der Waals surface area contributed by atoms with Crippen molar-refractivity contribution >= 4 is 0 Å². The van der Waals surface area contributed by atoms with Gasteiger partial charge in [0.1, 0.15) is 0 Å². The maximum absolute atomic E-state index is 13.4. The van der Waals surface area contributed by atoms with Crippen molar-refractivity contribution in [1.29, 1.82) is 0 Å². The molecule has 4 rings (SSSR count). The fourth-order valence-corrected chi connectivity index (χ4v) is 6.10. The molecule has 3 aliphatic rings. The Balaban J connectivity index is 1.49. The van der Waals surface area contributed by atoms with Crippen molar-refractivity contribution in [2.24, 2.45) is 23.2 Å². The molecule has 0 aliphatic heterocycles. The largest absolute Gasteiger partial charge is 0.403 e. The van der Waals surface area contributed by atoms with E-state index in [2.05, 4.69) is 6.92 Å². The van der Waals surface area contributed by atoms with E-state index in [1.54, 1.807) is 12.1 Å². The summed E-state index contributed by atoms with van der Waals surface area (Å²) >= 11 is 0. The molecule has 0 nitrogen and oxygen atoms in total. The first-order valence-electron chi connectivity index (χ1n) is 10.8. The average Bonchev–Trinajstić information content (AvgIpc) is 3.20. The van der Waals surface area contributed by atoms with Crippen LogP contribution in [-0.2, 0) is 25.7 Å². The van der Waals surface area contributed by atoms with Crippen LogP contribution in [0.3, 0.4) is 0 Å². The molecular formula is C23H28F6. The average molecular weight is 418 g/mol. The van der Waals surface area contributed by atoms with Crippen LogP contribution in [0.4, 0.5) is 26.3 Å². The van der Waals surface area contributed by atoms with Crippen LogP contribution in [0, 0.1) is 23.2 Å². The van der Waals surface area contributed by atoms with E-state index in [1.165, 1.54) is 38.5 Å². The summed E-state index contributed by atoms with van der Waals surface area (Å²) in [6, 6.07) is 3.32. The van der Waals surface area contributed by atoms with Crippen molar-refractivity contribution in [3.63, 3.8) is 0 Å². The molecule has 0 N–H and O–H groups in total. The maximum atomic E-state index is 13.4. The minimum absolute atomic E-state index is 0.241. The molecule has 0 aromatic heterocycles. The highest BCUT2D eigenvalue weighted by atomic mass is 19.4. The molecule has 1 fully saturated rings. The number of halogens is 6. The van der Waals surface area contributed by atoms with Crippen LogP contribution in [0.1, 0.15) is 67.7 Å². The van der Waals surface area contributed by atoms with Crippen LogP contribution in [0.25, 0.3) is 0 Å². The van der Waals surface area contributed by atoms with Crippen LogP contribution >= 0.6 is 0 Å².